The van der Waals surface area contributed by atoms with Gasteiger partial charge in [-0.15, -0.1) is 5.10 Å². The van der Waals surface area contributed by atoms with E-state index in [4.69, 9.17) is 38.0 Å². The van der Waals surface area contributed by atoms with Crippen LogP contribution < -0.4 is 11.1 Å². The van der Waals surface area contributed by atoms with Gasteiger partial charge in [-0.05, 0) is 0 Å². The van der Waals surface area contributed by atoms with Crippen molar-refractivity contribution in [2.45, 2.75) is 68.7 Å². The third-order valence-corrected chi connectivity index (χ3v) is 13.2. The van der Waals surface area contributed by atoms with Crippen molar-refractivity contribution in [2.24, 2.45) is 0 Å². The van der Waals surface area contributed by atoms with E-state index in [1.54, 1.807) is 6.20 Å². The molecule has 5 aromatic rings. The number of aryl methyl sites for hydroxylation is 1. The summed E-state index contributed by atoms with van der Waals surface area (Å²) in [5.74, 6) is -0.982. The minimum atomic E-state index is -4.52. The van der Waals surface area contributed by atoms with Crippen molar-refractivity contribution in [2.75, 3.05) is 30.9 Å². The highest BCUT2D eigenvalue weighted by atomic mass is 32.7. The van der Waals surface area contributed by atoms with E-state index in [1.807, 2.05) is 0 Å². The van der Waals surface area contributed by atoms with Gasteiger partial charge in [-0.1, -0.05) is 29.7 Å². The van der Waals surface area contributed by atoms with Gasteiger partial charge >= 0.3 is 19.7 Å². The summed E-state index contributed by atoms with van der Waals surface area (Å²) in [6.45, 7) is -10.3. The first kappa shape index (κ1) is 43.2. The third-order valence-electron chi connectivity index (χ3n) is 9.93. The highest BCUT2D eigenvalue weighted by molar-refractivity contribution is 8.44. The van der Waals surface area contributed by atoms with E-state index in [9.17, 15) is 23.5 Å². The zero-order valence-corrected chi connectivity index (χ0v) is 35.4. The Labute approximate surface area is 361 Å². The van der Waals surface area contributed by atoms with Gasteiger partial charge in [0.15, 0.2) is 53.2 Å². The minimum absolute atomic E-state index is 0.00435. The van der Waals surface area contributed by atoms with Crippen molar-refractivity contribution in [3.05, 3.63) is 49.4 Å². The molecule has 9 rings (SSSR count). The largest absolute Gasteiger partial charge is 0.449 e. The Bertz CT molecular complexity index is 2710. The van der Waals surface area contributed by atoms with E-state index in [2.05, 4.69) is 70.0 Å². The van der Waals surface area contributed by atoms with Gasteiger partial charge in [0.2, 0.25) is 0 Å². The Hall–Kier alpha value is -5.03. The molecule has 0 radical (unpaired) electrons. The lowest BCUT2D eigenvalue weighted by molar-refractivity contribution is -0.137. The molecule has 3 N–H and O–H groups in total. The predicted octanol–water partition coefficient (Wildman–Crippen LogP) is 2.27. The van der Waals surface area contributed by atoms with Crippen molar-refractivity contribution >= 4 is 90.0 Å². The molecule has 5 aromatic heterocycles. The Morgan fingerprint density at radius 2 is 1.43 bits per heavy atom. The summed E-state index contributed by atoms with van der Waals surface area (Å²) in [6, 6.07) is 0. The number of imide groups is 1. The molecule has 0 saturated carbocycles. The van der Waals surface area contributed by atoms with Crippen LogP contribution in [0.5, 0.6) is 0 Å². The number of rotatable bonds is 9. The number of carbonyl (C=O) groups excluding carboxylic acids is 3. The fourth-order valence-corrected chi connectivity index (χ4v) is 10.0. The number of fused-ring (bicyclic) bond motifs is 4. The van der Waals surface area contributed by atoms with E-state index < -0.39 is 93.9 Å². The number of imidazole rings is 2. The summed E-state index contributed by atoms with van der Waals surface area (Å²) < 4.78 is 103. The number of hydrogen-bond donors (Lipinski definition) is 4. The molecule has 4 aliphatic rings. The summed E-state index contributed by atoms with van der Waals surface area (Å²) in [5, 5.41) is 10.4. The normalized spacial score (nSPS) is 31.3. The van der Waals surface area contributed by atoms with Gasteiger partial charge in [-0.2, -0.15) is 0 Å². The first-order valence-electron chi connectivity index (χ1n) is 18.5. The van der Waals surface area contributed by atoms with E-state index in [1.165, 1.54) is 27.7 Å². The number of nitrogens with zero attached hydrogens (tertiary/aromatic N) is 12. The Balaban J connectivity index is 0.840. The molecule has 0 spiro atoms. The molecule has 0 bridgehead atoms. The number of carbonyl (C=O) groups is 3. The van der Waals surface area contributed by atoms with Crippen molar-refractivity contribution in [3.8, 4) is 0 Å². The molecule has 3 fully saturated rings. The van der Waals surface area contributed by atoms with Crippen molar-refractivity contribution in [1.82, 2.24) is 58.9 Å². The number of amides is 3. The molecule has 0 unspecified atom stereocenters. The summed E-state index contributed by atoms with van der Waals surface area (Å²) in [7, 11) is 0. The predicted molar refractivity (Wildman–Crippen MR) is 212 cm³/mol. The van der Waals surface area contributed by atoms with Gasteiger partial charge < -0.3 is 19.9 Å². The van der Waals surface area contributed by atoms with E-state index in [-0.39, 0.29) is 53.7 Å². The van der Waals surface area contributed by atoms with Crippen LogP contribution in [0.25, 0.3) is 22.3 Å². The van der Waals surface area contributed by atoms with Crippen LogP contribution in [0.4, 0.5) is 25.2 Å². The molecule has 334 valence electrons. The SMILES string of the molecule is Nc1ncnc2c1ncn2[C@@H]1O[C@@H]2CO[P@@](=O)(S)O[C@H]3[C@@H](F)[C@H](n4cnc5c(NC(=O)OCCCn6cc(CN7C(=O)C=CC7=O)nn6)ncnc54)O[C@@H]3CO[P@@](=O)(S)O[C@H]2[C@H]1F. The first-order valence-corrected chi connectivity index (χ1v) is 23.9. The van der Waals surface area contributed by atoms with Crippen molar-refractivity contribution in [3.63, 3.8) is 0 Å². The summed E-state index contributed by atoms with van der Waals surface area (Å²) in [5.41, 5.74) is 6.49. The second-order valence-corrected chi connectivity index (χ2v) is 19.8. The molecule has 26 nitrogen and oxygen atoms in total. The number of nitrogen functional groups attached to an aromatic ring is 1. The molecular formula is C31H32F2N14O12P2S2. The average Bonchev–Trinajstić information content (AvgIpc) is 4.11. The molecule has 32 heteroatoms. The van der Waals surface area contributed by atoms with Crippen LogP contribution in [0.1, 0.15) is 24.6 Å². The van der Waals surface area contributed by atoms with Crippen molar-refractivity contribution < 1.29 is 64.6 Å². The molecule has 3 saturated heterocycles. The lowest BCUT2D eigenvalue weighted by atomic mass is 10.1. The lowest BCUT2D eigenvalue weighted by Crippen LogP contribution is -2.36. The number of ether oxygens (including phenoxy) is 3. The molecule has 63 heavy (non-hydrogen) atoms. The topological polar surface area (TPSA) is 309 Å². The average molecular weight is 957 g/mol. The van der Waals surface area contributed by atoms with Gasteiger partial charge in [0.1, 0.15) is 48.3 Å². The molecular weight excluding hydrogens is 925 g/mol. The third kappa shape index (κ3) is 8.79. The van der Waals surface area contributed by atoms with Gasteiger partial charge in [-0.25, -0.2) is 52.6 Å². The number of hydrogen-bond acceptors (Lipinski definition) is 21. The highest BCUT2D eigenvalue weighted by Crippen LogP contribution is 2.60. The molecule has 0 aromatic carbocycles. The molecule has 9 heterocycles. The number of alkyl halides is 2. The van der Waals surface area contributed by atoms with Crippen molar-refractivity contribution in [1.29, 1.82) is 0 Å². The van der Waals surface area contributed by atoms with E-state index in [0.717, 1.165) is 28.4 Å². The fraction of sp³-hybridized carbons (Fsp3) is 0.452. The standard InChI is InChI=1S/C31H32F2N14O12P2S2/c32-19-23-15(56-29(19)46-12-39-21-25(34)35-10-37-27(21)46)8-54-61(52,63)59-24-16(9-55-60(51,62)58-23)57-30(20(24)33)47-13-40-22-26(36-11-38-28(22)47)41-31(50)53-5-1-4-44-6-14(42-43-44)7-45-17(48)2-3-18(45)49/h2-3,6,10-13,15-16,19-20,23-24,29-30H,1,4-5,7-9H2,(H,51,62)(H,52,63)(H2,34,35,37)(H,36,38,41,50)/t15-,16-,19-,20-,23-,24-,29-,30-,60-,61-/m1/s1. The van der Waals surface area contributed by atoms with E-state index in [0.29, 0.717) is 12.1 Å². The fourth-order valence-electron chi connectivity index (χ4n) is 7.04. The summed E-state index contributed by atoms with van der Waals surface area (Å²) in [6.07, 6.45) is -5.84. The second kappa shape index (κ2) is 17.2. The monoisotopic (exact) mass is 956 g/mol. The maximum Gasteiger partial charge on any atom is 0.412 e. The van der Waals surface area contributed by atoms with Gasteiger partial charge in [-0.3, -0.25) is 51.7 Å². The number of anilines is 2. The number of halogens is 2. The maximum absolute atomic E-state index is 16.5. The van der Waals surface area contributed by atoms with Crippen LogP contribution in [0.2, 0.25) is 0 Å². The Morgan fingerprint density at radius 1 is 0.857 bits per heavy atom. The smallest absolute Gasteiger partial charge is 0.412 e. The van der Waals surface area contributed by atoms with Crippen LogP contribution >= 0.6 is 38.1 Å². The first-order chi connectivity index (χ1) is 30.1. The number of nitrogens with two attached hydrogens (primary N) is 1. The maximum atomic E-state index is 16.5. The number of nitrogens with one attached hydrogen (secondary N) is 1. The van der Waals surface area contributed by atoms with Crippen LogP contribution in [0.15, 0.2) is 43.7 Å². The summed E-state index contributed by atoms with van der Waals surface area (Å²) in [4.78, 5) is 61.8. The molecule has 10 atom stereocenters. The quantitative estimate of drug-likeness (QED) is 0.0713. The molecule has 0 aliphatic carbocycles. The van der Waals surface area contributed by atoms with Gasteiger partial charge in [0.05, 0.1) is 45.2 Å². The second-order valence-electron chi connectivity index (χ2n) is 14.0. The van der Waals surface area contributed by atoms with Crippen LogP contribution in [0, 0.1) is 0 Å². The van der Waals surface area contributed by atoms with Gasteiger partial charge in [0.25, 0.3) is 11.8 Å². The van der Waals surface area contributed by atoms with Crippen LogP contribution in [0.3, 0.4) is 0 Å². The zero-order valence-electron chi connectivity index (χ0n) is 31.8. The molecule has 3 amide bonds. The Morgan fingerprint density at radius 3 is 2.05 bits per heavy atom. The minimum Gasteiger partial charge on any atom is -0.449 e. The lowest BCUT2D eigenvalue weighted by Gasteiger charge is -2.28. The number of aromatic nitrogens is 11. The summed E-state index contributed by atoms with van der Waals surface area (Å²) >= 11 is 8.06. The highest BCUT2D eigenvalue weighted by Gasteiger charge is 2.54. The number of thiol groups is 2. The van der Waals surface area contributed by atoms with Gasteiger partial charge in [0, 0.05) is 25.1 Å². The van der Waals surface area contributed by atoms with Crippen LogP contribution in [-0.2, 0) is 64.1 Å². The zero-order chi connectivity index (χ0) is 44.2. The van der Waals surface area contributed by atoms with E-state index >= 15 is 8.78 Å². The Kier molecular flexibility index (Phi) is 11.8. The molecule has 4 aliphatic heterocycles. The van der Waals surface area contributed by atoms with Crippen LogP contribution in [-0.4, -0.2) is 133 Å².